The summed E-state index contributed by atoms with van der Waals surface area (Å²) < 4.78 is 6.45. The minimum atomic E-state index is -0.321. The molecule has 2 aromatic carbocycles. The number of ether oxygens (including phenoxy) is 1. The highest BCUT2D eigenvalue weighted by Crippen LogP contribution is 2.23. The van der Waals surface area contributed by atoms with Gasteiger partial charge in [-0.05, 0) is 25.1 Å². The van der Waals surface area contributed by atoms with E-state index in [4.69, 9.17) is 4.74 Å². The van der Waals surface area contributed by atoms with Crippen molar-refractivity contribution in [3.63, 3.8) is 0 Å². The van der Waals surface area contributed by atoms with Crippen molar-refractivity contribution < 1.29 is 9.53 Å². The van der Waals surface area contributed by atoms with Crippen molar-refractivity contribution in [1.82, 2.24) is 20.1 Å². The van der Waals surface area contributed by atoms with Crippen LogP contribution in [-0.2, 0) is 17.9 Å². The summed E-state index contributed by atoms with van der Waals surface area (Å²) in [5, 5.41) is 8.70. The van der Waals surface area contributed by atoms with Crippen molar-refractivity contribution in [2.45, 2.75) is 20.0 Å². The van der Waals surface area contributed by atoms with Crippen LogP contribution in [0.4, 0.5) is 0 Å². The number of para-hydroxylation sites is 1. The number of aromatic nitrogens is 3. The molecule has 0 spiro atoms. The fraction of sp³-hybridized carbons (Fsp3) is 0.190. The smallest absolute Gasteiger partial charge is 0.291 e. The summed E-state index contributed by atoms with van der Waals surface area (Å²) in [4.78, 5) is 28.2. The standard InChI is InChI=1S/C21H20N4O3/c1-13-7-8-17-15(9-13)16-11-23-25(21(27)20(16)24-17)12-19(26)22-10-14-5-3-4-6-18(14)28-2/h3-9,11,24H,10,12H2,1-2H3,(H,22,26). The van der Waals surface area contributed by atoms with Crippen molar-refractivity contribution >= 4 is 27.7 Å². The molecule has 2 N–H and O–H groups in total. The van der Waals surface area contributed by atoms with Gasteiger partial charge in [0.15, 0.2) is 0 Å². The van der Waals surface area contributed by atoms with Crippen molar-refractivity contribution in [2.75, 3.05) is 7.11 Å². The molecule has 0 aliphatic rings. The Morgan fingerprint density at radius 3 is 2.86 bits per heavy atom. The Labute approximate surface area is 160 Å². The number of rotatable bonds is 5. The molecule has 142 valence electrons. The lowest BCUT2D eigenvalue weighted by atomic mass is 10.1. The quantitative estimate of drug-likeness (QED) is 0.560. The third-order valence-corrected chi connectivity index (χ3v) is 4.73. The molecule has 0 bridgehead atoms. The third-order valence-electron chi connectivity index (χ3n) is 4.73. The first kappa shape index (κ1) is 17.8. The van der Waals surface area contributed by atoms with E-state index in [9.17, 15) is 9.59 Å². The summed E-state index contributed by atoms with van der Waals surface area (Å²) in [6.07, 6.45) is 1.63. The van der Waals surface area contributed by atoms with Gasteiger partial charge in [0.25, 0.3) is 5.56 Å². The molecule has 7 heteroatoms. The molecule has 4 aromatic rings. The maximum Gasteiger partial charge on any atom is 0.291 e. The van der Waals surface area contributed by atoms with Crippen LogP contribution in [0.3, 0.4) is 0 Å². The van der Waals surface area contributed by atoms with Crippen LogP contribution in [0.5, 0.6) is 5.75 Å². The Balaban J connectivity index is 1.56. The van der Waals surface area contributed by atoms with Gasteiger partial charge in [-0.1, -0.05) is 29.8 Å². The van der Waals surface area contributed by atoms with Gasteiger partial charge in [-0.2, -0.15) is 5.10 Å². The topological polar surface area (TPSA) is 89.0 Å². The Kier molecular flexibility index (Phi) is 4.57. The number of methoxy groups -OCH3 is 1. The lowest BCUT2D eigenvalue weighted by Crippen LogP contribution is -2.33. The van der Waals surface area contributed by atoms with Gasteiger partial charge in [-0.25, -0.2) is 4.68 Å². The van der Waals surface area contributed by atoms with E-state index < -0.39 is 0 Å². The molecule has 0 saturated carbocycles. The van der Waals surface area contributed by atoms with Crippen LogP contribution in [0.15, 0.2) is 53.5 Å². The summed E-state index contributed by atoms with van der Waals surface area (Å²) in [6, 6.07) is 13.4. The molecule has 0 radical (unpaired) electrons. The number of aryl methyl sites for hydroxylation is 1. The maximum atomic E-state index is 12.8. The van der Waals surface area contributed by atoms with Crippen molar-refractivity contribution in [3.05, 3.63) is 70.1 Å². The van der Waals surface area contributed by atoms with Crippen LogP contribution in [0.25, 0.3) is 21.8 Å². The van der Waals surface area contributed by atoms with Gasteiger partial charge in [0, 0.05) is 28.4 Å². The second-order valence-electron chi connectivity index (χ2n) is 6.66. The second-order valence-corrected chi connectivity index (χ2v) is 6.66. The van der Waals surface area contributed by atoms with Crippen molar-refractivity contribution in [1.29, 1.82) is 0 Å². The minimum absolute atomic E-state index is 0.154. The summed E-state index contributed by atoms with van der Waals surface area (Å²) in [6.45, 7) is 2.16. The fourth-order valence-corrected chi connectivity index (χ4v) is 3.29. The second kappa shape index (κ2) is 7.19. The van der Waals surface area contributed by atoms with Gasteiger partial charge < -0.3 is 15.0 Å². The zero-order valence-electron chi connectivity index (χ0n) is 15.7. The highest BCUT2D eigenvalue weighted by Gasteiger charge is 2.13. The molecular formula is C21H20N4O3. The number of H-pyrrole nitrogens is 1. The molecular weight excluding hydrogens is 356 g/mol. The van der Waals surface area contributed by atoms with Gasteiger partial charge in [0.2, 0.25) is 5.91 Å². The first-order valence-corrected chi connectivity index (χ1v) is 8.93. The summed E-state index contributed by atoms with van der Waals surface area (Å²) >= 11 is 0. The number of nitrogens with one attached hydrogen (secondary N) is 2. The predicted octanol–water partition coefficient (Wildman–Crippen LogP) is 2.51. The average molecular weight is 376 g/mol. The van der Waals surface area contributed by atoms with Gasteiger partial charge in [-0.3, -0.25) is 9.59 Å². The monoisotopic (exact) mass is 376 g/mol. The number of amides is 1. The molecule has 1 amide bonds. The molecule has 2 heterocycles. The van der Waals surface area contributed by atoms with E-state index in [0.29, 0.717) is 17.8 Å². The molecule has 0 atom stereocenters. The molecule has 0 aliphatic heterocycles. The summed E-state index contributed by atoms with van der Waals surface area (Å²) in [7, 11) is 1.58. The summed E-state index contributed by atoms with van der Waals surface area (Å²) in [5.74, 6) is 0.402. The van der Waals surface area contributed by atoms with Crippen LogP contribution in [0.1, 0.15) is 11.1 Å². The number of hydrogen-bond acceptors (Lipinski definition) is 4. The number of carbonyl (C=O) groups is 1. The molecule has 0 unspecified atom stereocenters. The van der Waals surface area contributed by atoms with E-state index in [2.05, 4.69) is 15.4 Å². The molecule has 0 aliphatic carbocycles. The predicted molar refractivity (Wildman–Crippen MR) is 107 cm³/mol. The maximum absolute atomic E-state index is 12.8. The molecule has 2 aromatic heterocycles. The van der Waals surface area contributed by atoms with E-state index in [1.807, 2.05) is 49.4 Å². The Morgan fingerprint density at radius 1 is 1.21 bits per heavy atom. The van der Waals surface area contributed by atoms with Gasteiger partial charge in [0.05, 0.1) is 13.3 Å². The SMILES string of the molecule is COc1ccccc1CNC(=O)Cn1ncc2c([nH]c3ccc(C)cc32)c1=O. The van der Waals surface area contributed by atoms with Gasteiger partial charge in [0.1, 0.15) is 17.8 Å². The van der Waals surface area contributed by atoms with E-state index in [1.165, 1.54) is 4.68 Å². The van der Waals surface area contributed by atoms with Crippen molar-refractivity contribution in [3.8, 4) is 5.75 Å². The number of benzene rings is 2. The van der Waals surface area contributed by atoms with E-state index in [-0.39, 0.29) is 18.0 Å². The van der Waals surface area contributed by atoms with Crippen LogP contribution < -0.4 is 15.6 Å². The average Bonchev–Trinajstić information content (AvgIpc) is 3.07. The van der Waals surface area contributed by atoms with Crippen molar-refractivity contribution in [2.24, 2.45) is 0 Å². The molecule has 4 rings (SSSR count). The molecule has 0 fully saturated rings. The number of aromatic amines is 1. The largest absolute Gasteiger partial charge is 0.496 e. The number of hydrogen-bond donors (Lipinski definition) is 2. The third kappa shape index (κ3) is 3.22. The molecule has 0 saturated heterocycles. The number of carbonyl (C=O) groups excluding carboxylic acids is 1. The normalized spacial score (nSPS) is 11.1. The number of fused-ring (bicyclic) bond motifs is 3. The van der Waals surface area contributed by atoms with Gasteiger partial charge in [-0.15, -0.1) is 0 Å². The number of nitrogens with zero attached hydrogens (tertiary/aromatic N) is 2. The Bertz CT molecular complexity index is 1240. The fourth-order valence-electron chi connectivity index (χ4n) is 3.29. The van der Waals surface area contributed by atoms with E-state index in [1.54, 1.807) is 13.3 Å². The highest BCUT2D eigenvalue weighted by molar-refractivity contribution is 6.06. The zero-order valence-corrected chi connectivity index (χ0v) is 15.7. The van der Waals surface area contributed by atoms with Crippen LogP contribution in [0.2, 0.25) is 0 Å². The first-order valence-electron chi connectivity index (χ1n) is 8.93. The zero-order chi connectivity index (χ0) is 19.7. The van der Waals surface area contributed by atoms with Crippen LogP contribution in [0, 0.1) is 6.92 Å². The first-order chi connectivity index (χ1) is 13.6. The van der Waals surface area contributed by atoms with E-state index >= 15 is 0 Å². The van der Waals surface area contributed by atoms with Crippen LogP contribution in [-0.4, -0.2) is 27.8 Å². The molecule has 28 heavy (non-hydrogen) atoms. The molecule has 7 nitrogen and oxygen atoms in total. The summed E-state index contributed by atoms with van der Waals surface area (Å²) in [5.41, 5.74) is 2.97. The highest BCUT2D eigenvalue weighted by atomic mass is 16.5. The minimum Gasteiger partial charge on any atom is -0.496 e. The van der Waals surface area contributed by atoms with Crippen LogP contribution >= 0.6 is 0 Å². The lowest BCUT2D eigenvalue weighted by Gasteiger charge is -2.10. The van der Waals surface area contributed by atoms with E-state index in [0.717, 1.165) is 27.4 Å². The van der Waals surface area contributed by atoms with Gasteiger partial charge >= 0.3 is 0 Å². The lowest BCUT2D eigenvalue weighted by molar-refractivity contribution is -0.122. The Morgan fingerprint density at radius 2 is 2.04 bits per heavy atom. The Hall–Kier alpha value is -3.61.